The third kappa shape index (κ3) is 4.81. The van der Waals surface area contributed by atoms with Gasteiger partial charge in [-0.05, 0) is 25.5 Å². The summed E-state index contributed by atoms with van der Waals surface area (Å²) < 4.78 is 3.35. The molecule has 0 fully saturated rings. The molecular weight excluding hydrogens is 344 g/mol. The summed E-state index contributed by atoms with van der Waals surface area (Å²) in [6.07, 6.45) is 1.80. The van der Waals surface area contributed by atoms with E-state index in [-0.39, 0.29) is 18.4 Å². The smallest absolute Gasteiger partial charge is 0.269 e. The molecule has 2 aromatic heterocycles. The lowest BCUT2D eigenvalue weighted by Gasteiger charge is -2.06. The second kappa shape index (κ2) is 8.31. The van der Waals surface area contributed by atoms with Gasteiger partial charge in [-0.2, -0.15) is 10.2 Å². The van der Waals surface area contributed by atoms with E-state index in [0.29, 0.717) is 24.6 Å². The summed E-state index contributed by atoms with van der Waals surface area (Å²) in [6.45, 7) is 4.79. The minimum absolute atomic E-state index is 0.141. The average Bonchev–Trinajstić information content (AvgIpc) is 3.26. The molecule has 8 heteroatoms. The van der Waals surface area contributed by atoms with Crippen LogP contribution in [-0.4, -0.2) is 37.9 Å². The Bertz CT molecular complexity index is 929. The Morgan fingerprint density at radius 3 is 2.63 bits per heavy atom. The molecule has 140 valence electrons. The highest BCUT2D eigenvalue weighted by atomic mass is 16.2. The van der Waals surface area contributed by atoms with E-state index in [0.717, 1.165) is 11.3 Å². The lowest BCUT2D eigenvalue weighted by Crippen LogP contribution is -2.34. The second-order valence-corrected chi connectivity index (χ2v) is 6.10. The second-order valence-electron chi connectivity index (χ2n) is 6.10. The molecule has 0 saturated carbocycles. The molecular formula is C19H22N6O2. The van der Waals surface area contributed by atoms with Crippen LogP contribution in [0, 0.1) is 6.92 Å². The van der Waals surface area contributed by atoms with Crippen LogP contribution in [0.1, 0.15) is 28.7 Å². The van der Waals surface area contributed by atoms with Crippen LogP contribution in [0.25, 0.3) is 0 Å². The van der Waals surface area contributed by atoms with Crippen molar-refractivity contribution in [3.8, 4) is 0 Å². The van der Waals surface area contributed by atoms with Gasteiger partial charge in [-0.15, -0.1) is 0 Å². The summed E-state index contributed by atoms with van der Waals surface area (Å²) in [7, 11) is 0. The molecule has 0 aliphatic carbocycles. The number of nitrogens with one attached hydrogen (secondary N) is 2. The Morgan fingerprint density at radius 2 is 1.89 bits per heavy atom. The number of aromatic nitrogens is 4. The Balaban J connectivity index is 1.51. The van der Waals surface area contributed by atoms with Crippen molar-refractivity contribution in [2.75, 3.05) is 11.9 Å². The number of hydrogen-bond acceptors (Lipinski definition) is 4. The molecule has 0 radical (unpaired) electrons. The highest BCUT2D eigenvalue weighted by Crippen LogP contribution is 2.07. The number of aryl methyl sites for hydroxylation is 2. The van der Waals surface area contributed by atoms with Gasteiger partial charge in [0.1, 0.15) is 5.69 Å². The summed E-state index contributed by atoms with van der Waals surface area (Å²) >= 11 is 0. The van der Waals surface area contributed by atoms with Crippen molar-refractivity contribution in [1.82, 2.24) is 24.9 Å². The first-order valence-corrected chi connectivity index (χ1v) is 8.75. The fraction of sp³-hybridized carbons (Fsp3) is 0.263. The third-order valence-corrected chi connectivity index (χ3v) is 3.94. The Kier molecular flexibility index (Phi) is 5.65. The number of amides is 2. The molecule has 0 aliphatic heterocycles. The minimum Gasteiger partial charge on any atom is -0.342 e. The predicted octanol–water partition coefficient (Wildman–Crippen LogP) is 1.82. The Labute approximate surface area is 157 Å². The Hall–Kier alpha value is -3.42. The monoisotopic (exact) mass is 366 g/mol. The maximum absolute atomic E-state index is 12.2. The molecule has 3 rings (SSSR count). The molecule has 0 bridgehead atoms. The topological polar surface area (TPSA) is 93.8 Å². The number of anilines is 1. The third-order valence-electron chi connectivity index (χ3n) is 3.94. The van der Waals surface area contributed by atoms with Crippen LogP contribution < -0.4 is 10.6 Å². The van der Waals surface area contributed by atoms with Crippen LogP contribution >= 0.6 is 0 Å². The van der Waals surface area contributed by atoms with Gasteiger partial charge in [-0.25, -0.2) is 0 Å². The van der Waals surface area contributed by atoms with E-state index in [9.17, 15) is 9.59 Å². The highest BCUT2D eigenvalue weighted by Gasteiger charge is 2.14. The average molecular weight is 366 g/mol. The van der Waals surface area contributed by atoms with Crippen molar-refractivity contribution in [2.24, 2.45) is 0 Å². The molecule has 0 saturated heterocycles. The molecule has 0 spiro atoms. The van der Waals surface area contributed by atoms with Crippen molar-refractivity contribution in [2.45, 2.75) is 26.9 Å². The molecule has 2 heterocycles. The van der Waals surface area contributed by atoms with Gasteiger partial charge in [0.2, 0.25) is 5.91 Å². The number of rotatable bonds is 7. The maximum Gasteiger partial charge on any atom is 0.269 e. The molecule has 2 amide bonds. The van der Waals surface area contributed by atoms with E-state index in [1.807, 2.05) is 44.2 Å². The summed E-state index contributed by atoms with van der Waals surface area (Å²) in [5, 5.41) is 13.8. The van der Waals surface area contributed by atoms with E-state index < -0.39 is 0 Å². The number of nitrogens with zero attached hydrogens (tertiary/aromatic N) is 4. The molecule has 27 heavy (non-hydrogen) atoms. The standard InChI is InChI=1S/C19H22N6O2/c1-3-25-16(11-14(2)22-25)19(27)20-12-18(26)21-17-9-10-24(23-17)13-15-7-5-4-6-8-15/h4-11H,3,12-13H2,1-2H3,(H,20,27)(H,21,23,26). The van der Waals surface area contributed by atoms with Gasteiger partial charge in [0.05, 0.1) is 18.8 Å². The van der Waals surface area contributed by atoms with Crippen molar-refractivity contribution < 1.29 is 9.59 Å². The van der Waals surface area contributed by atoms with Crippen LogP contribution in [0.3, 0.4) is 0 Å². The largest absolute Gasteiger partial charge is 0.342 e. The zero-order chi connectivity index (χ0) is 19.2. The van der Waals surface area contributed by atoms with E-state index in [4.69, 9.17) is 0 Å². The zero-order valence-corrected chi connectivity index (χ0v) is 15.3. The molecule has 0 unspecified atom stereocenters. The molecule has 2 N–H and O–H groups in total. The van der Waals surface area contributed by atoms with Crippen LogP contribution in [0.15, 0.2) is 48.7 Å². The zero-order valence-electron chi connectivity index (χ0n) is 15.3. The van der Waals surface area contributed by atoms with Gasteiger partial charge in [-0.1, -0.05) is 30.3 Å². The molecule has 3 aromatic rings. The van der Waals surface area contributed by atoms with E-state index >= 15 is 0 Å². The van der Waals surface area contributed by atoms with Gasteiger partial charge >= 0.3 is 0 Å². The number of hydrogen-bond donors (Lipinski definition) is 2. The van der Waals surface area contributed by atoms with Crippen molar-refractivity contribution in [1.29, 1.82) is 0 Å². The first-order valence-electron chi connectivity index (χ1n) is 8.75. The van der Waals surface area contributed by atoms with Gasteiger partial charge in [-0.3, -0.25) is 19.0 Å². The number of carbonyl (C=O) groups excluding carboxylic acids is 2. The fourth-order valence-electron chi connectivity index (χ4n) is 2.69. The summed E-state index contributed by atoms with van der Waals surface area (Å²) in [4.78, 5) is 24.3. The quantitative estimate of drug-likeness (QED) is 0.667. The van der Waals surface area contributed by atoms with E-state index in [1.54, 1.807) is 27.7 Å². The molecule has 0 aliphatic rings. The first kappa shape index (κ1) is 18.4. The number of carbonyl (C=O) groups is 2. The lowest BCUT2D eigenvalue weighted by atomic mass is 10.2. The van der Waals surface area contributed by atoms with Gasteiger partial charge in [0.15, 0.2) is 5.82 Å². The Morgan fingerprint density at radius 1 is 1.11 bits per heavy atom. The highest BCUT2D eigenvalue weighted by molar-refractivity contribution is 5.98. The minimum atomic E-state index is -0.340. The molecule has 0 atom stereocenters. The van der Waals surface area contributed by atoms with Crippen LogP contribution in [0.5, 0.6) is 0 Å². The van der Waals surface area contributed by atoms with E-state index in [1.165, 1.54) is 0 Å². The van der Waals surface area contributed by atoms with Gasteiger partial charge in [0.25, 0.3) is 5.91 Å². The fourth-order valence-corrected chi connectivity index (χ4v) is 2.69. The summed E-state index contributed by atoms with van der Waals surface area (Å²) in [5.74, 6) is -0.227. The summed E-state index contributed by atoms with van der Waals surface area (Å²) in [5.41, 5.74) is 2.32. The lowest BCUT2D eigenvalue weighted by molar-refractivity contribution is -0.115. The van der Waals surface area contributed by atoms with Crippen molar-refractivity contribution in [3.05, 3.63) is 65.6 Å². The summed E-state index contributed by atoms with van der Waals surface area (Å²) in [6, 6.07) is 13.3. The normalized spacial score (nSPS) is 10.6. The van der Waals surface area contributed by atoms with Gasteiger partial charge in [0, 0.05) is 18.8 Å². The van der Waals surface area contributed by atoms with Crippen LogP contribution in [0.4, 0.5) is 5.82 Å². The van der Waals surface area contributed by atoms with E-state index in [2.05, 4.69) is 20.8 Å². The van der Waals surface area contributed by atoms with Crippen molar-refractivity contribution >= 4 is 17.6 Å². The SMILES string of the molecule is CCn1nc(C)cc1C(=O)NCC(=O)Nc1ccn(Cc2ccccc2)n1. The van der Waals surface area contributed by atoms with Crippen molar-refractivity contribution in [3.63, 3.8) is 0 Å². The van der Waals surface area contributed by atoms with Gasteiger partial charge < -0.3 is 10.6 Å². The molecule has 1 aromatic carbocycles. The van der Waals surface area contributed by atoms with Crippen LogP contribution in [0.2, 0.25) is 0 Å². The maximum atomic E-state index is 12.2. The number of benzene rings is 1. The molecule has 8 nitrogen and oxygen atoms in total. The van der Waals surface area contributed by atoms with Crippen LogP contribution in [-0.2, 0) is 17.9 Å². The first-order chi connectivity index (χ1) is 13.0. The predicted molar refractivity (Wildman–Crippen MR) is 101 cm³/mol.